The number of imide groups is 1. The lowest BCUT2D eigenvalue weighted by atomic mass is 10.0. The SMILES string of the molecule is Cc1noc(C)c1-c1ccc(N2C(=O)c3ccccc3C2=O)cc1. The molecule has 0 unspecified atom stereocenters. The van der Waals surface area contributed by atoms with Gasteiger partial charge in [0.05, 0.1) is 22.5 Å². The highest BCUT2D eigenvalue weighted by atomic mass is 16.5. The Morgan fingerprint density at radius 3 is 1.96 bits per heavy atom. The molecule has 5 nitrogen and oxygen atoms in total. The average Bonchev–Trinajstić information content (AvgIpc) is 3.06. The summed E-state index contributed by atoms with van der Waals surface area (Å²) in [5.41, 5.74) is 4.11. The van der Waals surface area contributed by atoms with Gasteiger partial charge in [-0.1, -0.05) is 29.4 Å². The molecule has 1 aliphatic heterocycles. The minimum atomic E-state index is -0.291. The van der Waals surface area contributed by atoms with Gasteiger partial charge in [-0.3, -0.25) is 9.59 Å². The number of amides is 2. The summed E-state index contributed by atoms with van der Waals surface area (Å²) in [4.78, 5) is 26.2. The van der Waals surface area contributed by atoms with E-state index >= 15 is 0 Å². The van der Waals surface area contributed by atoms with Crippen molar-refractivity contribution in [2.24, 2.45) is 0 Å². The second-order valence-electron chi connectivity index (χ2n) is 5.74. The Morgan fingerprint density at radius 1 is 0.875 bits per heavy atom. The molecule has 0 N–H and O–H groups in total. The van der Waals surface area contributed by atoms with Crippen molar-refractivity contribution in [1.29, 1.82) is 0 Å². The molecule has 1 aliphatic rings. The van der Waals surface area contributed by atoms with Gasteiger partial charge in [0.1, 0.15) is 5.76 Å². The second-order valence-corrected chi connectivity index (χ2v) is 5.74. The molecule has 0 saturated heterocycles. The van der Waals surface area contributed by atoms with Crippen molar-refractivity contribution < 1.29 is 14.1 Å². The van der Waals surface area contributed by atoms with E-state index < -0.39 is 0 Å². The van der Waals surface area contributed by atoms with Gasteiger partial charge in [-0.05, 0) is 43.7 Å². The first kappa shape index (κ1) is 14.4. The summed E-state index contributed by atoms with van der Waals surface area (Å²) in [7, 11) is 0. The predicted octanol–water partition coefficient (Wildman–Crippen LogP) is 3.76. The third kappa shape index (κ3) is 1.98. The zero-order valence-corrected chi connectivity index (χ0v) is 13.2. The summed E-state index contributed by atoms with van der Waals surface area (Å²) in [5.74, 6) is 0.155. The minimum absolute atomic E-state index is 0.291. The topological polar surface area (TPSA) is 63.4 Å². The molecule has 5 heteroatoms. The fourth-order valence-corrected chi connectivity index (χ4v) is 3.10. The molecule has 0 aliphatic carbocycles. The first-order valence-corrected chi connectivity index (χ1v) is 7.59. The zero-order valence-electron chi connectivity index (χ0n) is 13.2. The molecule has 3 aromatic rings. The van der Waals surface area contributed by atoms with Crippen molar-refractivity contribution in [3.05, 3.63) is 71.1 Å². The van der Waals surface area contributed by atoms with Crippen LogP contribution in [0.3, 0.4) is 0 Å². The van der Waals surface area contributed by atoms with Crippen LogP contribution in [0.15, 0.2) is 53.1 Å². The molecule has 0 bridgehead atoms. The van der Waals surface area contributed by atoms with E-state index in [1.165, 1.54) is 4.90 Å². The highest BCUT2D eigenvalue weighted by molar-refractivity contribution is 6.34. The van der Waals surface area contributed by atoms with E-state index in [4.69, 9.17) is 4.52 Å². The number of anilines is 1. The zero-order chi connectivity index (χ0) is 16.8. The first-order valence-electron chi connectivity index (χ1n) is 7.59. The van der Waals surface area contributed by atoms with Crippen molar-refractivity contribution in [1.82, 2.24) is 5.16 Å². The van der Waals surface area contributed by atoms with Gasteiger partial charge in [0, 0.05) is 5.56 Å². The maximum Gasteiger partial charge on any atom is 0.266 e. The Morgan fingerprint density at radius 2 is 1.46 bits per heavy atom. The summed E-state index contributed by atoms with van der Waals surface area (Å²) in [5, 5.41) is 3.95. The van der Waals surface area contributed by atoms with Crippen molar-refractivity contribution in [3.8, 4) is 11.1 Å². The van der Waals surface area contributed by atoms with Gasteiger partial charge in [-0.15, -0.1) is 0 Å². The van der Waals surface area contributed by atoms with Gasteiger partial charge in [-0.2, -0.15) is 0 Å². The molecule has 2 heterocycles. The quantitative estimate of drug-likeness (QED) is 0.675. The third-order valence-electron chi connectivity index (χ3n) is 4.24. The van der Waals surface area contributed by atoms with Crippen LogP contribution in [-0.4, -0.2) is 17.0 Å². The summed E-state index contributed by atoms with van der Waals surface area (Å²) in [6, 6.07) is 14.1. The Kier molecular flexibility index (Phi) is 3.09. The van der Waals surface area contributed by atoms with Crippen LogP contribution in [0.2, 0.25) is 0 Å². The van der Waals surface area contributed by atoms with Crippen LogP contribution in [0.4, 0.5) is 5.69 Å². The standard InChI is InChI=1S/C19H14N2O3/c1-11-17(12(2)24-20-11)13-7-9-14(10-8-13)21-18(22)15-5-3-4-6-16(15)19(21)23/h3-10H,1-2H3. The van der Waals surface area contributed by atoms with Gasteiger partial charge >= 0.3 is 0 Å². The van der Waals surface area contributed by atoms with Gasteiger partial charge in [0.15, 0.2) is 0 Å². The number of hydrogen-bond acceptors (Lipinski definition) is 4. The Bertz CT molecular complexity index is 916. The minimum Gasteiger partial charge on any atom is -0.361 e. The molecule has 2 aromatic carbocycles. The van der Waals surface area contributed by atoms with E-state index in [2.05, 4.69) is 5.16 Å². The number of fused-ring (bicyclic) bond motifs is 1. The smallest absolute Gasteiger partial charge is 0.266 e. The van der Waals surface area contributed by atoms with Crippen LogP contribution >= 0.6 is 0 Å². The fourth-order valence-electron chi connectivity index (χ4n) is 3.10. The highest BCUT2D eigenvalue weighted by Crippen LogP contribution is 2.32. The summed E-state index contributed by atoms with van der Waals surface area (Å²) < 4.78 is 5.19. The molecule has 2 amide bonds. The van der Waals surface area contributed by atoms with Crippen LogP contribution < -0.4 is 4.90 Å². The number of rotatable bonds is 2. The van der Waals surface area contributed by atoms with Crippen LogP contribution in [0.5, 0.6) is 0 Å². The second kappa shape index (κ2) is 5.16. The first-order chi connectivity index (χ1) is 11.6. The third-order valence-corrected chi connectivity index (χ3v) is 4.24. The Balaban J connectivity index is 1.72. The van der Waals surface area contributed by atoms with E-state index in [-0.39, 0.29) is 11.8 Å². The lowest BCUT2D eigenvalue weighted by molar-refractivity contribution is 0.0926. The van der Waals surface area contributed by atoms with Gasteiger partial charge < -0.3 is 4.52 Å². The van der Waals surface area contributed by atoms with Gasteiger partial charge in [-0.25, -0.2) is 4.90 Å². The summed E-state index contributed by atoms with van der Waals surface area (Å²) in [6.45, 7) is 3.73. The van der Waals surface area contributed by atoms with Gasteiger partial charge in [0.25, 0.3) is 11.8 Å². The number of carbonyl (C=O) groups excluding carboxylic acids is 2. The molecule has 1 aromatic heterocycles. The number of carbonyl (C=O) groups is 2. The molecule has 118 valence electrons. The molecule has 0 spiro atoms. The molecule has 4 rings (SSSR count). The molecule has 0 fully saturated rings. The number of aryl methyl sites for hydroxylation is 2. The molecule has 0 saturated carbocycles. The van der Waals surface area contributed by atoms with E-state index in [1.54, 1.807) is 36.4 Å². The molecular formula is C19H14N2O3. The summed E-state index contributed by atoms with van der Waals surface area (Å²) >= 11 is 0. The van der Waals surface area contributed by atoms with Crippen molar-refractivity contribution >= 4 is 17.5 Å². The average molecular weight is 318 g/mol. The van der Waals surface area contributed by atoms with Crippen molar-refractivity contribution in [2.75, 3.05) is 4.90 Å². The van der Waals surface area contributed by atoms with Crippen molar-refractivity contribution in [3.63, 3.8) is 0 Å². The van der Waals surface area contributed by atoms with Crippen LogP contribution in [-0.2, 0) is 0 Å². The van der Waals surface area contributed by atoms with E-state index in [0.29, 0.717) is 16.8 Å². The predicted molar refractivity (Wildman–Crippen MR) is 89.0 cm³/mol. The molecule has 24 heavy (non-hydrogen) atoms. The van der Waals surface area contributed by atoms with Crippen LogP contribution in [0.25, 0.3) is 11.1 Å². The monoisotopic (exact) mass is 318 g/mol. The maximum atomic E-state index is 12.5. The lowest BCUT2D eigenvalue weighted by Gasteiger charge is -2.14. The summed E-state index contributed by atoms with van der Waals surface area (Å²) in [6.07, 6.45) is 0. The van der Waals surface area contributed by atoms with Crippen molar-refractivity contribution in [2.45, 2.75) is 13.8 Å². The molecule has 0 radical (unpaired) electrons. The molecular weight excluding hydrogens is 304 g/mol. The van der Waals surface area contributed by atoms with E-state index in [0.717, 1.165) is 22.6 Å². The van der Waals surface area contributed by atoms with Crippen LogP contribution in [0, 0.1) is 13.8 Å². The highest BCUT2D eigenvalue weighted by Gasteiger charge is 2.36. The lowest BCUT2D eigenvalue weighted by Crippen LogP contribution is -2.29. The number of nitrogens with zero attached hydrogens (tertiary/aromatic N) is 2. The fraction of sp³-hybridized carbons (Fsp3) is 0.105. The Labute approximate surface area is 138 Å². The maximum absolute atomic E-state index is 12.5. The number of aromatic nitrogens is 1. The van der Waals surface area contributed by atoms with E-state index in [9.17, 15) is 9.59 Å². The largest absolute Gasteiger partial charge is 0.361 e. The number of benzene rings is 2. The normalized spacial score (nSPS) is 13.5. The van der Waals surface area contributed by atoms with E-state index in [1.807, 2.05) is 26.0 Å². The Hall–Kier alpha value is -3.21. The molecule has 0 atom stereocenters. The van der Waals surface area contributed by atoms with Crippen LogP contribution in [0.1, 0.15) is 32.2 Å². The van der Waals surface area contributed by atoms with Gasteiger partial charge in [0.2, 0.25) is 0 Å². The number of hydrogen-bond donors (Lipinski definition) is 0.